The summed E-state index contributed by atoms with van der Waals surface area (Å²) < 4.78 is 0. The van der Waals surface area contributed by atoms with Crippen LogP contribution in [0.25, 0.3) is 0 Å². The molecule has 0 aliphatic heterocycles. The number of likely N-dealkylation sites (N-methyl/N-ethyl adjacent to an activating group) is 1. The molecule has 23 heavy (non-hydrogen) atoms. The molecule has 0 aliphatic rings. The molecule has 0 spiro atoms. The quantitative estimate of drug-likeness (QED) is 0.807. The molecular weight excluding hydrogens is 284 g/mol. The summed E-state index contributed by atoms with van der Waals surface area (Å²) >= 11 is 0. The largest absolute Gasteiger partial charge is 0.347 e. The van der Waals surface area contributed by atoms with E-state index in [4.69, 9.17) is 0 Å². The normalized spacial score (nSPS) is 12.2. The van der Waals surface area contributed by atoms with Gasteiger partial charge in [-0.2, -0.15) is 0 Å². The third-order valence-electron chi connectivity index (χ3n) is 3.95. The highest BCUT2D eigenvalue weighted by Crippen LogP contribution is 2.14. The van der Waals surface area contributed by atoms with Gasteiger partial charge in [-0.3, -0.25) is 4.79 Å². The number of carbonyl (C=O) groups excluding carboxylic acids is 1. The predicted octanol–water partition coefficient (Wildman–Crippen LogP) is 2.14. The summed E-state index contributed by atoms with van der Waals surface area (Å²) in [6.45, 7) is 6.33. The molecule has 2 aromatic rings. The predicted molar refractivity (Wildman–Crippen MR) is 94.3 cm³/mol. The Morgan fingerprint density at radius 2 is 1.65 bits per heavy atom. The van der Waals surface area contributed by atoms with Gasteiger partial charge in [0.15, 0.2) is 6.54 Å². The van der Waals surface area contributed by atoms with Crippen molar-refractivity contribution in [2.75, 3.05) is 13.6 Å². The minimum absolute atomic E-state index is 0.0881. The minimum Gasteiger partial charge on any atom is -0.347 e. The molecule has 3 nitrogen and oxygen atoms in total. The maximum Gasteiger partial charge on any atom is 0.275 e. The summed E-state index contributed by atoms with van der Waals surface area (Å²) in [4.78, 5) is 13.2. The zero-order valence-electron chi connectivity index (χ0n) is 14.3. The van der Waals surface area contributed by atoms with Gasteiger partial charge in [0.25, 0.3) is 5.91 Å². The molecule has 122 valence electrons. The van der Waals surface area contributed by atoms with E-state index in [9.17, 15) is 4.79 Å². The van der Waals surface area contributed by atoms with Crippen molar-refractivity contribution in [3.05, 3.63) is 71.3 Å². The van der Waals surface area contributed by atoms with Crippen LogP contribution in [-0.2, 0) is 17.9 Å². The average Bonchev–Trinajstić information content (AvgIpc) is 2.54. The molecule has 2 N–H and O–H groups in total. The van der Waals surface area contributed by atoms with E-state index in [1.807, 2.05) is 30.3 Å². The molecule has 1 amide bonds. The third-order valence-corrected chi connectivity index (χ3v) is 3.95. The first-order valence-electron chi connectivity index (χ1n) is 8.25. The van der Waals surface area contributed by atoms with Crippen molar-refractivity contribution in [3.8, 4) is 0 Å². The van der Waals surface area contributed by atoms with Gasteiger partial charge in [-0.1, -0.05) is 68.4 Å². The van der Waals surface area contributed by atoms with Crippen molar-refractivity contribution in [1.82, 2.24) is 5.32 Å². The van der Waals surface area contributed by atoms with Gasteiger partial charge in [0, 0.05) is 12.1 Å². The SMILES string of the molecule is CC(C)c1ccc(C[NH+](C)CC(=O)NCc2ccccc2)cc1. The molecule has 3 heteroatoms. The highest BCUT2D eigenvalue weighted by molar-refractivity contribution is 5.76. The fourth-order valence-electron chi connectivity index (χ4n) is 2.56. The van der Waals surface area contributed by atoms with Gasteiger partial charge < -0.3 is 10.2 Å². The van der Waals surface area contributed by atoms with Crippen molar-refractivity contribution in [1.29, 1.82) is 0 Å². The molecule has 0 saturated heterocycles. The molecule has 1 atom stereocenters. The standard InChI is InChI=1S/C20H26N2O/c1-16(2)19-11-9-18(10-12-19)14-22(3)15-20(23)21-13-17-7-5-4-6-8-17/h4-12,16H,13-15H2,1-3H3,(H,21,23)/p+1. The van der Waals surface area contributed by atoms with Crippen molar-refractivity contribution in [3.63, 3.8) is 0 Å². The molecule has 0 radical (unpaired) electrons. The molecule has 0 saturated carbocycles. The first-order chi connectivity index (χ1) is 11.0. The summed E-state index contributed by atoms with van der Waals surface area (Å²) in [5, 5.41) is 2.98. The van der Waals surface area contributed by atoms with Gasteiger partial charge in [-0.05, 0) is 17.0 Å². The summed E-state index contributed by atoms with van der Waals surface area (Å²) in [5.74, 6) is 0.642. The lowest BCUT2D eigenvalue weighted by Crippen LogP contribution is -3.08. The van der Waals surface area contributed by atoms with Crippen LogP contribution in [0.1, 0.15) is 36.5 Å². The number of amides is 1. The molecule has 0 fully saturated rings. The Morgan fingerprint density at radius 3 is 2.26 bits per heavy atom. The molecule has 0 bridgehead atoms. The van der Waals surface area contributed by atoms with E-state index in [1.165, 1.54) is 16.0 Å². The highest BCUT2D eigenvalue weighted by atomic mass is 16.2. The van der Waals surface area contributed by atoms with Gasteiger partial charge in [-0.15, -0.1) is 0 Å². The lowest BCUT2D eigenvalue weighted by Gasteiger charge is -2.14. The van der Waals surface area contributed by atoms with Crippen molar-refractivity contribution in [2.24, 2.45) is 0 Å². The van der Waals surface area contributed by atoms with Crippen molar-refractivity contribution in [2.45, 2.75) is 32.9 Å². The van der Waals surface area contributed by atoms with Gasteiger partial charge in [0.05, 0.1) is 7.05 Å². The molecule has 0 heterocycles. The van der Waals surface area contributed by atoms with Crippen LogP contribution in [0.4, 0.5) is 0 Å². The number of benzene rings is 2. The fourth-order valence-corrected chi connectivity index (χ4v) is 2.56. The smallest absolute Gasteiger partial charge is 0.275 e. The van der Waals surface area contributed by atoms with E-state index >= 15 is 0 Å². The van der Waals surface area contributed by atoms with Gasteiger partial charge in [0.1, 0.15) is 6.54 Å². The number of quaternary nitrogens is 1. The second-order valence-electron chi connectivity index (χ2n) is 6.47. The van der Waals surface area contributed by atoms with Crippen LogP contribution in [0.3, 0.4) is 0 Å². The summed E-state index contributed by atoms with van der Waals surface area (Å²) in [7, 11) is 2.05. The van der Waals surface area contributed by atoms with E-state index in [-0.39, 0.29) is 5.91 Å². The number of carbonyl (C=O) groups is 1. The van der Waals surface area contributed by atoms with Crippen LogP contribution >= 0.6 is 0 Å². The number of hydrogen-bond donors (Lipinski definition) is 2. The van der Waals surface area contributed by atoms with Crippen molar-refractivity contribution < 1.29 is 9.69 Å². The Labute approximate surface area is 139 Å². The minimum atomic E-state index is 0.0881. The number of hydrogen-bond acceptors (Lipinski definition) is 1. The maximum atomic E-state index is 12.0. The second kappa shape index (κ2) is 8.49. The second-order valence-corrected chi connectivity index (χ2v) is 6.47. The Bertz CT molecular complexity index is 605. The summed E-state index contributed by atoms with van der Waals surface area (Å²) in [5.41, 5.74) is 3.75. The molecule has 1 unspecified atom stereocenters. The number of rotatable bonds is 7. The molecular formula is C20H27N2O+. The average molecular weight is 311 g/mol. The van der Waals surface area contributed by atoms with Gasteiger partial charge >= 0.3 is 0 Å². The zero-order valence-corrected chi connectivity index (χ0v) is 14.3. The molecule has 2 aromatic carbocycles. The van der Waals surface area contributed by atoms with Crippen LogP contribution in [0.5, 0.6) is 0 Å². The maximum absolute atomic E-state index is 12.0. The lowest BCUT2D eigenvalue weighted by atomic mass is 10.0. The lowest BCUT2D eigenvalue weighted by molar-refractivity contribution is -0.885. The number of nitrogens with one attached hydrogen (secondary N) is 2. The topological polar surface area (TPSA) is 33.5 Å². The summed E-state index contributed by atoms with van der Waals surface area (Å²) in [6, 6.07) is 18.7. The molecule has 0 aliphatic carbocycles. The van der Waals surface area contributed by atoms with E-state index in [1.54, 1.807) is 0 Å². The zero-order chi connectivity index (χ0) is 16.7. The Morgan fingerprint density at radius 1 is 1.00 bits per heavy atom. The van der Waals surface area contributed by atoms with Crippen LogP contribution in [0.15, 0.2) is 54.6 Å². The fraction of sp³-hybridized carbons (Fsp3) is 0.350. The Hall–Kier alpha value is -2.13. The monoisotopic (exact) mass is 311 g/mol. The Kier molecular flexibility index (Phi) is 6.36. The molecule has 0 aromatic heterocycles. The summed E-state index contributed by atoms with van der Waals surface area (Å²) in [6.07, 6.45) is 0. The Balaban J connectivity index is 1.77. The van der Waals surface area contributed by atoms with Crippen LogP contribution < -0.4 is 10.2 Å². The first kappa shape index (κ1) is 17.2. The highest BCUT2D eigenvalue weighted by Gasteiger charge is 2.10. The van der Waals surface area contributed by atoms with Gasteiger partial charge in [-0.25, -0.2) is 0 Å². The third kappa shape index (κ3) is 5.87. The van der Waals surface area contributed by atoms with E-state index in [0.29, 0.717) is 19.0 Å². The van der Waals surface area contributed by atoms with Crippen LogP contribution in [0.2, 0.25) is 0 Å². The van der Waals surface area contributed by atoms with Crippen LogP contribution in [0, 0.1) is 0 Å². The molecule has 2 rings (SSSR count). The van der Waals surface area contributed by atoms with E-state index in [2.05, 4.69) is 50.5 Å². The van der Waals surface area contributed by atoms with E-state index < -0.39 is 0 Å². The van der Waals surface area contributed by atoms with E-state index in [0.717, 1.165) is 12.1 Å². The van der Waals surface area contributed by atoms with Gasteiger partial charge in [0.2, 0.25) is 0 Å². The van der Waals surface area contributed by atoms with Crippen LogP contribution in [-0.4, -0.2) is 19.5 Å². The van der Waals surface area contributed by atoms with Crippen molar-refractivity contribution >= 4 is 5.91 Å². The first-order valence-corrected chi connectivity index (χ1v) is 8.25.